The predicted molar refractivity (Wildman–Crippen MR) is 142 cm³/mol. The van der Waals surface area contributed by atoms with Crippen LogP contribution in [0.25, 0.3) is 0 Å². The smallest absolute Gasteiger partial charge is 0.143 e. The second-order valence-corrected chi connectivity index (χ2v) is 8.93. The van der Waals surface area contributed by atoms with E-state index < -0.39 is 11.6 Å². The summed E-state index contributed by atoms with van der Waals surface area (Å²) in [7, 11) is 0. The van der Waals surface area contributed by atoms with Crippen LogP contribution in [0.2, 0.25) is 0 Å². The highest BCUT2D eigenvalue weighted by molar-refractivity contribution is 5.49. The molecule has 0 N–H and O–H groups in total. The molecule has 0 aliphatic heterocycles. The van der Waals surface area contributed by atoms with Gasteiger partial charge in [-0.1, -0.05) is 100 Å². The summed E-state index contributed by atoms with van der Waals surface area (Å²) in [6.07, 6.45) is 11.0. The monoisotopic (exact) mass is 468 g/mol. The van der Waals surface area contributed by atoms with Crippen LogP contribution in [0.1, 0.15) is 92.2 Å². The SMILES string of the molecule is CCCCCCCCCc1ccc(C#Cc2c(F)cc(C#Cc3ccc(CC)cc3)cc2F)cc1. The highest BCUT2D eigenvalue weighted by Crippen LogP contribution is 2.16. The Kier molecular flexibility index (Phi) is 10.6. The van der Waals surface area contributed by atoms with E-state index in [1.807, 2.05) is 36.4 Å². The van der Waals surface area contributed by atoms with Gasteiger partial charge < -0.3 is 0 Å². The molecule has 0 bridgehead atoms. The lowest BCUT2D eigenvalue weighted by Crippen LogP contribution is -1.93. The molecule has 180 valence electrons. The summed E-state index contributed by atoms with van der Waals surface area (Å²) in [6.45, 7) is 4.32. The lowest BCUT2D eigenvalue weighted by atomic mass is 10.0. The van der Waals surface area contributed by atoms with Crippen molar-refractivity contribution in [1.82, 2.24) is 0 Å². The predicted octanol–water partition coefficient (Wildman–Crippen LogP) is 8.62. The van der Waals surface area contributed by atoms with E-state index in [4.69, 9.17) is 0 Å². The maximum Gasteiger partial charge on any atom is 0.143 e. The first kappa shape index (κ1) is 26.2. The molecule has 0 amide bonds. The highest BCUT2D eigenvalue weighted by Gasteiger charge is 2.08. The summed E-state index contributed by atoms with van der Waals surface area (Å²) in [6, 6.07) is 18.3. The van der Waals surface area contributed by atoms with Crippen LogP contribution in [0.4, 0.5) is 8.78 Å². The van der Waals surface area contributed by atoms with Crippen LogP contribution in [-0.2, 0) is 12.8 Å². The van der Waals surface area contributed by atoms with Gasteiger partial charge in [-0.25, -0.2) is 8.78 Å². The van der Waals surface area contributed by atoms with Gasteiger partial charge in [0.1, 0.15) is 11.6 Å². The van der Waals surface area contributed by atoms with Crippen LogP contribution in [0.3, 0.4) is 0 Å². The topological polar surface area (TPSA) is 0 Å². The molecule has 0 aromatic heterocycles. The number of hydrogen-bond donors (Lipinski definition) is 0. The first-order chi connectivity index (χ1) is 17.1. The van der Waals surface area contributed by atoms with E-state index in [1.165, 1.54) is 68.2 Å². The zero-order chi connectivity index (χ0) is 24.9. The third-order valence-corrected chi connectivity index (χ3v) is 6.11. The molecule has 0 saturated carbocycles. The van der Waals surface area contributed by atoms with Gasteiger partial charge in [0.05, 0.1) is 5.56 Å². The van der Waals surface area contributed by atoms with Crippen molar-refractivity contribution in [3.8, 4) is 23.7 Å². The lowest BCUT2D eigenvalue weighted by molar-refractivity contribution is 0.577. The molecule has 35 heavy (non-hydrogen) atoms. The van der Waals surface area contributed by atoms with Crippen molar-refractivity contribution in [3.63, 3.8) is 0 Å². The Morgan fingerprint density at radius 3 is 1.60 bits per heavy atom. The van der Waals surface area contributed by atoms with Crippen LogP contribution in [-0.4, -0.2) is 0 Å². The summed E-state index contributed by atoms with van der Waals surface area (Å²) in [5.74, 6) is 9.96. The number of unbranched alkanes of at least 4 members (excludes halogenated alkanes) is 6. The lowest BCUT2D eigenvalue weighted by Gasteiger charge is -2.03. The van der Waals surface area contributed by atoms with Crippen LogP contribution < -0.4 is 0 Å². The quantitative estimate of drug-likeness (QED) is 0.218. The molecular formula is C33H34F2. The first-order valence-corrected chi connectivity index (χ1v) is 12.8. The molecular weight excluding hydrogens is 434 g/mol. The van der Waals surface area contributed by atoms with Gasteiger partial charge >= 0.3 is 0 Å². The van der Waals surface area contributed by atoms with Gasteiger partial charge in [0, 0.05) is 16.7 Å². The van der Waals surface area contributed by atoms with E-state index in [-0.39, 0.29) is 5.56 Å². The van der Waals surface area contributed by atoms with Gasteiger partial charge in [0.2, 0.25) is 0 Å². The molecule has 0 nitrogen and oxygen atoms in total. The zero-order valence-corrected chi connectivity index (χ0v) is 20.9. The Labute approximate surface area is 209 Å². The number of rotatable bonds is 9. The number of hydrogen-bond acceptors (Lipinski definition) is 0. The Morgan fingerprint density at radius 1 is 0.543 bits per heavy atom. The first-order valence-electron chi connectivity index (χ1n) is 12.8. The fourth-order valence-corrected chi connectivity index (χ4v) is 3.91. The normalized spacial score (nSPS) is 10.3. The largest absolute Gasteiger partial charge is 0.205 e. The molecule has 3 aromatic rings. The second-order valence-electron chi connectivity index (χ2n) is 8.93. The number of aryl methyl sites for hydroxylation is 2. The molecule has 0 aliphatic carbocycles. The van der Waals surface area contributed by atoms with Gasteiger partial charge in [0.25, 0.3) is 0 Å². The number of halogens is 2. The van der Waals surface area contributed by atoms with E-state index in [1.54, 1.807) is 0 Å². The van der Waals surface area contributed by atoms with Crippen molar-refractivity contribution in [1.29, 1.82) is 0 Å². The summed E-state index contributed by atoms with van der Waals surface area (Å²) in [5.41, 5.74) is 4.11. The van der Waals surface area contributed by atoms with Gasteiger partial charge in [-0.05, 0) is 66.8 Å². The van der Waals surface area contributed by atoms with E-state index in [0.29, 0.717) is 5.56 Å². The van der Waals surface area contributed by atoms with Crippen molar-refractivity contribution >= 4 is 0 Å². The van der Waals surface area contributed by atoms with E-state index in [0.717, 1.165) is 24.0 Å². The van der Waals surface area contributed by atoms with Crippen LogP contribution in [0.5, 0.6) is 0 Å². The fourth-order valence-electron chi connectivity index (χ4n) is 3.91. The molecule has 0 unspecified atom stereocenters. The van der Waals surface area contributed by atoms with E-state index in [9.17, 15) is 8.78 Å². The Balaban J connectivity index is 1.58. The maximum atomic E-state index is 14.6. The van der Waals surface area contributed by atoms with Gasteiger partial charge in [-0.2, -0.15) is 0 Å². The van der Waals surface area contributed by atoms with Crippen LogP contribution >= 0.6 is 0 Å². The average molecular weight is 469 g/mol. The molecule has 0 heterocycles. The molecule has 3 aromatic carbocycles. The van der Waals surface area contributed by atoms with Crippen molar-refractivity contribution in [2.45, 2.75) is 71.6 Å². The van der Waals surface area contributed by atoms with Gasteiger partial charge in [-0.15, -0.1) is 0 Å². The van der Waals surface area contributed by atoms with Crippen molar-refractivity contribution < 1.29 is 8.78 Å². The van der Waals surface area contributed by atoms with Gasteiger partial charge in [-0.3, -0.25) is 0 Å². The van der Waals surface area contributed by atoms with Crippen molar-refractivity contribution in [2.75, 3.05) is 0 Å². The third kappa shape index (κ3) is 8.73. The Bertz CT molecular complexity index is 1170. The Morgan fingerprint density at radius 2 is 1.03 bits per heavy atom. The van der Waals surface area contributed by atoms with Crippen LogP contribution in [0.15, 0.2) is 60.7 Å². The maximum absolute atomic E-state index is 14.6. The number of benzene rings is 3. The van der Waals surface area contributed by atoms with E-state index in [2.05, 4.69) is 49.7 Å². The fraction of sp³-hybridized carbons (Fsp3) is 0.333. The second kappa shape index (κ2) is 14.1. The third-order valence-electron chi connectivity index (χ3n) is 6.11. The molecule has 0 fully saturated rings. The summed E-state index contributed by atoms with van der Waals surface area (Å²) in [4.78, 5) is 0. The van der Waals surface area contributed by atoms with Crippen molar-refractivity contribution in [2.24, 2.45) is 0 Å². The molecule has 0 spiro atoms. The molecule has 0 radical (unpaired) electrons. The minimum atomic E-state index is -0.696. The summed E-state index contributed by atoms with van der Waals surface area (Å²) >= 11 is 0. The minimum absolute atomic E-state index is 0.227. The standard InChI is InChI=1S/C33H34F2/c1-3-5-6-7-8-9-10-11-27-16-18-29(19-17-27)22-23-31-32(34)24-30(25-33(31)35)21-20-28-14-12-26(4-2)13-15-28/h12-19,24-25H,3-11H2,1-2H3. The van der Waals surface area contributed by atoms with Crippen LogP contribution in [0, 0.1) is 35.3 Å². The minimum Gasteiger partial charge on any atom is -0.205 e. The Hall–Kier alpha value is -3.36. The summed E-state index contributed by atoms with van der Waals surface area (Å²) < 4.78 is 29.1. The van der Waals surface area contributed by atoms with Gasteiger partial charge in [0.15, 0.2) is 0 Å². The highest BCUT2D eigenvalue weighted by atomic mass is 19.1. The zero-order valence-electron chi connectivity index (χ0n) is 20.9. The molecule has 0 saturated heterocycles. The molecule has 0 atom stereocenters. The molecule has 0 aliphatic rings. The molecule has 2 heteroatoms. The van der Waals surface area contributed by atoms with Crippen molar-refractivity contribution in [3.05, 3.63) is 106 Å². The summed E-state index contributed by atoms with van der Waals surface area (Å²) in [5, 5.41) is 0. The average Bonchev–Trinajstić information content (AvgIpc) is 2.87. The van der Waals surface area contributed by atoms with E-state index >= 15 is 0 Å². The molecule has 3 rings (SSSR count).